The molecular weight excluding hydrogens is 217 g/mol. The van der Waals surface area contributed by atoms with Crippen molar-refractivity contribution in [2.24, 2.45) is 0 Å². The van der Waals surface area contributed by atoms with E-state index in [1.54, 1.807) is 12.1 Å². The molecule has 0 aliphatic carbocycles. The van der Waals surface area contributed by atoms with E-state index in [-0.39, 0.29) is 5.75 Å². The van der Waals surface area contributed by atoms with Crippen molar-refractivity contribution in [3.05, 3.63) is 59.2 Å². The third-order valence-electron chi connectivity index (χ3n) is 2.69. The molecule has 2 rings (SSSR count). The lowest BCUT2D eigenvalue weighted by Gasteiger charge is -2.08. The molecule has 0 saturated heterocycles. The summed E-state index contributed by atoms with van der Waals surface area (Å²) in [6.45, 7) is 4.45. The highest BCUT2D eigenvalue weighted by Crippen LogP contribution is 2.16. The first-order valence-corrected chi connectivity index (χ1v) is 5.46. The van der Waals surface area contributed by atoms with Gasteiger partial charge in [-0.1, -0.05) is 18.2 Å². The van der Waals surface area contributed by atoms with Crippen LogP contribution in [0, 0.1) is 19.8 Å². The van der Waals surface area contributed by atoms with Crippen molar-refractivity contribution in [3.63, 3.8) is 0 Å². The Labute approximate surface area is 100 Å². The molecule has 0 aliphatic heterocycles. The highest BCUT2D eigenvalue weighted by Gasteiger charge is 2.03. The first kappa shape index (κ1) is 11.6. The molecule has 0 aliphatic rings. The topological polar surface area (TPSA) is 22.1 Å². The van der Waals surface area contributed by atoms with Gasteiger partial charge in [-0.2, -0.15) is 4.39 Å². The van der Waals surface area contributed by atoms with E-state index < -0.39 is 5.95 Å². The minimum Gasteiger partial charge on any atom is -0.484 e. The van der Waals surface area contributed by atoms with Crippen LogP contribution in [0.3, 0.4) is 0 Å². The lowest BCUT2D eigenvalue weighted by molar-refractivity contribution is 0.286. The van der Waals surface area contributed by atoms with Crippen molar-refractivity contribution in [2.75, 3.05) is 0 Å². The molecule has 0 unspecified atom stereocenters. The molecule has 17 heavy (non-hydrogen) atoms. The summed E-state index contributed by atoms with van der Waals surface area (Å²) in [6.07, 6.45) is 1.40. The highest BCUT2D eigenvalue weighted by atomic mass is 19.1. The largest absolute Gasteiger partial charge is 0.484 e. The second-order valence-corrected chi connectivity index (χ2v) is 4.00. The number of pyridine rings is 1. The van der Waals surface area contributed by atoms with Crippen molar-refractivity contribution in [2.45, 2.75) is 20.5 Å². The van der Waals surface area contributed by atoms with Gasteiger partial charge in [-0.15, -0.1) is 0 Å². The van der Waals surface area contributed by atoms with Gasteiger partial charge in [-0.25, -0.2) is 4.98 Å². The van der Waals surface area contributed by atoms with E-state index in [9.17, 15) is 4.39 Å². The molecule has 0 saturated carbocycles. The smallest absolute Gasteiger partial charge is 0.255 e. The van der Waals surface area contributed by atoms with Gasteiger partial charge >= 0.3 is 0 Å². The van der Waals surface area contributed by atoms with Crippen LogP contribution < -0.4 is 4.74 Å². The summed E-state index contributed by atoms with van der Waals surface area (Å²) in [5.74, 6) is -0.387. The molecule has 3 heteroatoms. The number of nitrogens with zero attached hydrogens (tertiary/aromatic N) is 1. The Morgan fingerprint density at radius 1 is 1.18 bits per heavy atom. The summed E-state index contributed by atoms with van der Waals surface area (Å²) < 4.78 is 18.6. The number of halogens is 1. The maximum Gasteiger partial charge on any atom is 0.255 e. The van der Waals surface area contributed by atoms with Gasteiger partial charge in [0.1, 0.15) is 6.61 Å². The van der Waals surface area contributed by atoms with Gasteiger partial charge in [0, 0.05) is 6.20 Å². The van der Waals surface area contributed by atoms with Crippen molar-refractivity contribution in [1.82, 2.24) is 4.98 Å². The molecule has 1 heterocycles. The molecule has 0 amide bonds. The Morgan fingerprint density at radius 2 is 2.00 bits per heavy atom. The van der Waals surface area contributed by atoms with E-state index in [0.717, 1.165) is 5.56 Å². The van der Waals surface area contributed by atoms with Gasteiger partial charge in [-0.05, 0) is 42.7 Å². The zero-order valence-corrected chi connectivity index (χ0v) is 9.90. The van der Waals surface area contributed by atoms with Crippen LogP contribution in [0.15, 0.2) is 36.5 Å². The normalized spacial score (nSPS) is 10.3. The number of aryl methyl sites for hydroxylation is 2. The zero-order valence-electron chi connectivity index (χ0n) is 9.90. The predicted octanol–water partition coefficient (Wildman–Crippen LogP) is 3.42. The van der Waals surface area contributed by atoms with Crippen LogP contribution >= 0.6 is 0 Å². The SMILES string of the molecule is Cc1ccc(COc2cccnc2F)cc1C. The third-order valence-corrected chi connectivity index (χ3v) is 2.69. The Bertz CT molecular complexity index is 525. The van der Waals surface area contributed by atoms with Crippen LogP contribution in [-0.4, -0.2) is 4.98 Å². The minimum atomic E-state index is -0.573. The molecule has 0 N–H and O–H groups in total. The van der Waals surface area contributed by atoms with Gasteiger partial charge in [0.05, 0.1) is 0 Å². The first-order valence-electron chi connectivity index (χ1n) is 5.46. The Kier molecular flexibility index (Phi) is 3.38. The van der Waals surface area contributed by atoms with Crippen LogP contribution in [0.5, 0.6) is 5.75 Å². The van der Waals surface area contributed by atoms with Crippen molar-refractivity contribution in [1.29, 1.82) is 0 Å². The third kappa shape index (κ3) is 2.81. The first-order chi connectivity index (χ1) is 8.16. The second-order valence-electron chi connectivity index (χ2n) is 4.00. The summed E-state index contributed by atoms with van der Waals surface area (Å²) in [4.78, 5) is 3.53. The summed E-state index contributed by atoms with van der Waals surface area (Å²) in [5, 5.41) is 0. The van der Waals surface area contributed by atoms with Gasteiger partial charge < -0.3 is 4.74 Å². The van der Waals surface area contributed by atoms with Crippen LogP contribution in [0.4, 0.5) is 4.39 Å². The Balaban J connectivity index is 2.08. The van der Waals surface area contributed by atoms with Gasteiger partial charge in [0.2, 0.25) is 0 Å². The van der Waals surface area contributed by atoms with Crippen molar-refractivity contribution in [3.8, 4) is 5.75 Å². The fourth-order valence-corrected chi connectivity index (χ4v) is 1.53. The standard InChI is InChI=1S/C14H14FNO/c1-10-5-6-12(8-11(10)2)9-17-13-4-3-7-16-14(13)15/h3-8H,9H2,1-2H3. The van der Waals surface area contributed by atoms with Crippen molar-refractivity contribution >= 4 is 0 Å². The molecule has 2 aromatic rings. The Hall–Kier alpha value is -1.90. The molecule has 0 radical (unpaired) electrons. The molecule has 2 nitrogen and oxygen atoms in total. The molecule has 1 aromatic carbocycles. The maximum absolute atomic E-state index is 13.2. The number of hydrogen-bond donors (Lipinski definition) is 0. The summed E-state index contributed by atoms with van der Waals surface area (Å²) in [6, 6.07) is 9.29. The van der Waals surface area contributed by atoms with E-state index in [1.807, 2.05) is 25.1 Å². The monoisotopic (exact) mass is 231 g/mol. The van der Waals surface area contributed by atoms with Crippen molar-refractivity contribution < 1.29 is 9.13 Å². The second kappa shape index (κ2) is 4.95. The summed E-state index contributed by atoms with van der Waals surface area (Å²) in [5.41, 5.74) is 3.47. The predicted molar refractivity (Wildman–Crippen MR) is 64.4 cm³/mol. The number of benzene rings is 1. The van der Waals surface area contributed by atoms with E-state index in [0.29, 0.717) is 6.61 Å². The fraction of sp³-hybridized carbons (Fsp3) is 0.214. The molecule has 0 fully saturated rings. The lowest BCUT2D eigenvalue weighted by atomic mass is 10.1. The van der Waals surface area contributed by atoms with E-state index in [2.05, 4.69) is 11.9 Å². The number of hydrogen-bond acceptors (Lipinski definition) is 2. The lowest BCUT2D eigenvalue weighted by Crippen LogP contribution is -1.99. The highest BCUT2D eigenvalue weighted by molar-refractivity contribution is 5.30. The zero-order chi connectivity index (χ0) is 12.3. The minimum absolute atomic E-state index is 0.186. The average Bonchev–Trinajstić information content (AvgIpc) is 2.32. The van der Waals surface area contributed by atoms with E-state index in [4.69, 9.17) is 4.74 Å². The molecule has 1 aromatic heterocycles. The maximum atomic E-state index is 13.2. The van der Waals surface area contributed by atoms with E-state index in [1.165, 1.54) is 17.3 Å². The molecule has 88 valence electrons. The fourth-order valence-electron chi connectivity index (χ4n) is 1.53. The summed E-state index contributed by atoms with van der Waals surface area (Å²) >= 11 is 0. The van der Waals surface area contributed by atoms with Crippen LogP contribution in [-0.2, 0) is 6.61 Å². The van der Waals surface area contributed by atoms with Crippen LogP contribution in [0.25, 0.3) is 0 Å². The Morgan fingerprint density at radius 3 is 2.71 bits per heavy atom. The molecule has 0 spiro atoms. The van der Waals surface area contributed by atoms with Gasteiger partial charge in [0.25, 0.3) is 5.95 Å². The number of aromatic nitrogens is 1. The van der Waals surface area contributed by atoms with E-state index >= 15 is 0 Å². The number of ether oxygens (including phenoxy) is 1. The van der Waals surface area contributed by atoms with Crippen LogP contribution in [0.1, 0.15) is 16.7 Å². The average molecular weight is 231 g/mol. The molecule has 0 atom stereocenters. The van der Waals surface area contributed by atoms with Gasteiger partial charge in [0.15, 0.2) is 5.75 Å². The van der Waals surface area contributed by atoms with Gasteiger partial charge in [-0.3, -0.25) is 0 Å². The quantitative estimate of drug-likeness (QED) is 0.755. The van der Waals surface area contributed by atoms with Crippen LogP contribution in [0.2, 0.25) is 0 Å². The molecule has 0 bridgehead atoms. The summed E-state index contributed by atoms with van der Waals surface area (Å²) in [7, 11) is 0. The molecular formula is C14H14FNO. The number of rotatable bonds is 3.